The molecule has 0 aliphatic rings. The Morgan fingerprint density at radius 1 is 1.00 bits per heavy atom. The second-order valence-corrected chi connectivity index (χ2v) is 5.31. The molecule has 0 atom stereocenters. The molecule has 0 bridgehead atoms. The number of nitrogens with two attached hydrogens (primary N) is 1. The smallest absolute Gasteiger partial charge is 0.257 e. The van der Waals surface area contributed by atoms with Gasteiger partial charge in [-0.3, -0.25) is 0 Å². The standard InChI is InChI=1S/C17H17N3O/c1-11-7-12(2)9-13(8-11)10-16-19-17(21-20-16)14-3-5-15(18)6-4-14/h3-9H,10,18H2,1-2H3. The molecule has 106 valence electrons. The van der Waals surface area contributed by atoms with Gasteiger partial charge in [-0.1, -0.05) is 34.5 Å². The average Bonchev–Trinajstić information content (AvgIpc) is 2.87. The lowest BCUT2D eigenvalue weighted by atomic mass is 10.1. The Hall–Kier alpha value is -2.62. The Balaban J connectivity index is 1.83. The van der Waals surface area contributed by atoms with E-state index >= 15 is 0 Å². The first-order chi connectivity index (χ1) is 10.1. The molecular weight excluding hydrogens is 262 g/mol. The van der Waals surface area contributed by atoms with Gasteiger partial charge in [0.1, 0.15) is 0 Å². The lowest BCUT2D eigenvalue weighted by Crippen LogP contribution is -1.92. The topological polar surface area (TPSA) is 64.9 Å². The molecule has 0 saturated carbocycles. The van der Waals surface area contributed by atoms with Crippen LogP contribution in [0.2, 0.25) is 0 Å². The molecule has 3 rings (SSSR count). The second-order valence-electron chi connectivity index (χ2n) is 5.31. The van der Waals surface area contributed by atoms with Crippen LogP contribution in [0.15, 0.2) is 47.0 Å². The number of hydrogen-bond donors (Lipinski definition) is 1. The van der Waals surface area contributed by atoms with Crippen LogP contribution in [0.1, 0.15) is 22.5 Å². The predicted molar refractivity (Wildman–Crippen MR) is 82.9 cm³/mol. The first-order valence-electron chi connectivity index (χ1n) is 6.86. The molecular formula is C17H17N3O. The van der Waals surface area contributed by atoms with Gasteiger partial charge in [-0.05, 0) is 43.7 Å². The van der Waals surface area contributed by atoms with Gasteiger partial charge in [0, 0.05) is 17.7 Å². The van der Waals surface area contributed by atoms with Crippen molar-refractivity contribution in [3.63, 3.8) is 0 Å². The van der Waals surface area contributed by atoms with Gasteiger partial charge in [-0.15, -0.1) is 0 Å². The lowest BCUT2D eigenvalue weighted by Gasteiger charge is -2.01. The third-order valence-electron chi connectivity index (χ3n) is 3.27. The molecule has 0 unspecified atom stereocenters. The molecule has 4 nitrogen and oxygen atoms in total. The molecule has 0 fully saturated rings. The number of nitrogens with zero attached hydrogens (tertiary/aromatic N) is 2. The Kier molecular flexibility index (Phi) is 3.44. The number of aryl methyl sites for hydroxylation is 2. The second kappa shape index (κ2) is 5.40. The monoisotopic (exact) mass is 279 g/mol. The summed E-state index contributed by atoms with van der Waals surface area (Å²) in [4.78, 5) is 4.45. The Bertz CT molecular complexity index is 740. The summed E-state index contributed by atoms with van der Waals surface area (Å²) in [6.45, 7) is 4.18. The Morgan fingerprint density at radius 3 is 2.33 bits per heavy atom. The molecule has 21 heavy (non-hydrogen) atoms. The third-order valence-corrected chi connectivity index (χ3v) is 3.27. The number of hydrogen-bond acceptors (Lipinski definition) is 4. The fourth-order valence-corrected chi connectivity index (χ4v) is 2.42. The fraction of sp³-hybridized carbons (Fsp3) is 0.176. The first kappa shape index (κ1) is 13.4. The van der Waals surface area contributed by atoms with E-state index in [-0.39, 0.29) is 0 Å². The van der Waals surface area contributed by atoms with Crippen LogP contribution in [0.4, 0.5) is 5.69 Å². The summed E-state index contributed by atoms with van der Waals surface area (Å²) >= 11 is 0. The van der Waals surface area contributed by atoms with Crippen LogP contribution < -0.4 is 5.73 Å². The van der Waals surface area contributed by atoms with Gasteiger partial charge in [-0.25, -0.2) is 0 Å². The van der Waals surface area contributed by atoms with Gasteiger partial charge >= 0.3 is 0 Å². The maximum absolute atomic E-state index is 5.67. The summed E-state index contributed by atoms with van der Waals surface area (Å²) in [5.41, 5.74) is 10.9. The van der Waals surface area contributed by atoms with Gasteiger partial charge in [0.05, 0.1) is 0 Å². The summed E-state index contributed by atoms with van der Waals surface area (Å²) < 4.78 is 5.32. The zero-order valence-corrected chi connectivity index (χ0v) is 12.1. The minimum atomic E-state index is 0.523. The quantitative estimate of drug-likeness (QED) is 0.745. The number of anilines is 1. The van der Waals surface area contributed by atoms with Crippen molar-refractivity contribution in [1.82, 2.24) is 10.1 Å². The van der Waals surface area contributed by atoms with E-state index in [1.165, 1.54) is 16.7 Å². The molecule has 2 N–H and O–H groups in total. The SMILES string of the molecule is Cc1cc(C)cc(Cc2noc(-c3ccc(N)cc3)n2)c1. The summed E-state index contributed by atoms with van der Waals surface area (Å²) in [7, 11) is 0. The van der Waals surface area contributed by atoms with Crippen molar-refractivity contribution < 1.29 is 4.52 Å². The maximum atomic E-state index is 5.67. The maximum Gasteiger partial charge on any atom is 0.257 e. The molecule has 0 aliphatic carbocycles. The van der Waals surface area contributed by atoms with E-state index in [2.05, 4.69) is 42.2 Å². The first-order valence-corrected chi connectivity index (χ1v) is 6.86. The van der Waals surface area contributed by atoms with Crippen LogP contribution in [0, 0.1) is 13.8 Å². The molecule has 1 aromatic heterocycles. The minimum absolute atomic E-state index is 0.523. The van der Waals surface area contributed by atoms with Crippen LogP contribution in [0.5, 0.6) is 0 Å². The van der Waals surface area contributed by atoms with Gasteiger partial charge in [0.2, 0.25) is 0 Å². The van der Waals surface area contributed by atoms with Crippen molar-refractivity contribution in [2.45, 2.75) is 20.3 Å². The van der Waals surface area contributed by atoms with E-state index in [0.717, 1.165) is 5.56 Å². The fourth-order valence-electron chi connectivity index (χ4n) is 2.42. The zero-order chi connectivity index (χ0) is 14.8. The summed E-state index contributed by atoms with van der Waals surface area (Å²) in [5, 5.41) is 4.05. The van der Waals surface area contributed by atoms with E-state index in [1.807, 2.05) is 24.3 Å². The van der Waals surface area contributed by atoms with Crippen molar-refractivity contribution >= 4 is 5.69 Å². The van der Waals surface area contributed by atoms with Crippen molar-refractivity contribution in [3.05, 3.63) is 65.0 Å². The number of aromatic nitrogens is 2. The molecule has 0 amide bonds. The molecule has 2 aromatic carbocycles. The Labute approximate surface area is 123 Å². The van der Waals surface area contributed by atoms with Crippen LogP contribution in [0.3, 0.4) is 0 Å². The number of rotatable bonds is 3. The number of nitrogen functional groups attached to an aromatic ring is 1. The van der Waals surface area contributed by atoms with Crippen LogP contribution in [0.25, 0.3) is 11.5 Å². The van der Waals surface area contributed by atoms with Gasteiger partial charge in [0.15, 0.2) is 5.82 Å². The zero-order valence-electron chi connectivity index (χ0n) is 12.1. The molecule has 0 spiro atoms. The molecule has 0 radical (unpaired) electrons. The highest BCUT2D eigenvalue weighted by atomic mass is 16.5. The lowest BCUT2D eigenvalue weighted by molar-refractivity contribution is 0.424. The van der Waals surface area contributed by atoms with E-state index in [4.69, 9.17) is 10.3 Å². The molecule has 4 heteroatoms. The van der Waals surface area contributed by atoms with Gasteiger partial charge < -0.3 is 10.3 Å². The highest BCUT2D eigenvalue weighted by molar-refractivity contribution is 5.56. The van der Waals surface area contributed by atoms with Gasteiger partial charge in [0.25, 0.3) is 5.89 Å². The van der Waals surface area contributed by atoms with E-state index in [0.29, 0.717) is 23.8 Å². The highest BCUT2D eigenvalue weighted by Crippen LogP contribution is 2.20. The van der Waals surface area contributed by atoms with Crippen LogP contribution in [-0.2, 0) is 6.42 Å². The summed E-state index contributed by atoms with van der Waals surface area (Å²) in [6, 6.07) is 13.8. The van der Waals surface area contributed by atoms with E-state index in [1.54, 1.807) is 0 Å². The largest absolute Gasteiger partial charge is 0.399 e. The molecule has 0 aliphatic heterocycles. The number of benzene rings is 2. The molecule has 0 saturated heterocycles. The van der Waals surface area contributed by atoms with Crippen molar-refractivity contribution in [2.75, 3.05) is 5.73 Å². The van der Waals surface area contributed by atoms with E-state index in [9.17, 15) is 0 Å². The normalized spacial score (nSPS) is 10.8. The van der Waals surface area contributed by atoms with Crippen molar-refractivity contribution in [3.8, 4) is 11.5 Å². The summed E-state index contributed by atoms with van der Waals surface area (Å²) in [5.74, 6) is 1.21. The molecule has 1 heterocycles. The average molecular weight is 279 g/mol. The van der Waals surface area contributed by atoms with E-state index < -0.39 is 0 Å². The van der Waals surface area contributed by atoms with Crippen molar-refractivity contribution in [2.24, 2.45) is 0 Å². The van der Waals surface area contributed by atoms with Crippen LogP contribution in [-0.4, -0.2) is 10.1 Å². The minimum Gasteiger partial charge on any atom is -0.399 e. The van der Waals surface area contributed by atoms with Gasteiger partial charge in [-0.2, -0.15) is 4.98 Å². The summed E-state index contributed by atoms with van der Waals surface area (Å²) in [6.07, 6.45) is 0.668. The van der Waals surface area contributed by atoms with Crippen molar-refractivity contribution in [1.29, 1.82) is 0 Å². The predicted octanol–water partition coefficient (Wildman–Crippen LogP) is 3.53. The highest BCUT2D eigenvalue weighted by Gasteiger charge is 2.09. The molecule has 3 aromatic rings. The third kappa shape index (κ3) is 3.11. The van der Waals surface area contributed by atoms with Crippen LogP contribution >= 0.6 is 0 Å². The Morgan fingerprint density at radius 2 is 1.67 bits per heavy atom.